The zero-order valence-electron chi connectivity index (χ0n) is 12.8. The molecule has 0 bridgehead atoms. The molecule has 1 saturated carbocycles. The van der Waals surface area contributed by atoms with Gasteiger partial charge in [-0.05, 0) is 33.4 Å². The van der Waals surface area contributed by atoms with Crippen LogP contribution in [0.25, 0.3) is 0 Å². The van der Waals surface area contributed by atoms with Crippen LogP contribution in [0.15, 0.2) is 6.33 Å². The largest absolute Gasteiger partial charge is 0.357 e. The fourth-order valence-corrected chi connectivity index (χ4v) is 3.43. The fraction of sp³-hybridized carbons (Fsp3) is 0.733. The van der Waals surface area contributed by atoms with Crippen LogP contribution in [0, 0.1) is 0 Å². The maximum absolute atomic E-state index is 4.55. The molecular weight excluding hydrogens is 250 g/mol. The Hall–Kier alpha value is -1.20. The lowest BCUT2D eigenvalue weighted by Gasteiger charge is -2.49. The van der Waals surface area contributed by atoms with Crippen molar-refractivity contribution in [3.8, 4) is 0 Å². The van der Waals surface area contributed by atoms with Crippen molar-refractivity contribution in [3.05, 3.63) is 17.6 Å². The Kier molecular flexibility index (Phi) is 3.65. The molecule has 1 aliphatic carbocycles. The SMILES string of the molecule is CN(CC1(N(C)C)CCC1)c1ncnc2c1CNCC2. The van der Waals surface area contributed by atoms with Gasteiger partial charge in [0.25, 0.3) is 0 Å². The van der Waals surface area contributed by atoms with Crippen LogP contribution in [-0.2, 0) is 13.0 Å². The van der Waals surface area contributed by atoms with E-state index < -0.39 is 0 Å². The average molecular weight is 275 g/mol. The van der Waals surface area contributed by atoms with E-state index in [9.17, 15) is 0 Å². The van der Waals surface area contributed by atoms with E-state index in [1.165, 1.54) is 30.5 Å². The molecule has 1 aromatic rings. The van der Waals surface area contributed by atoms with Crippen LogP contribution in [0.3, 0.4) is 0 Å². The number of fused-ring (bicyclic) bond motifs is 1. The van der Waals surface area contributed by atoms with Gasteiger partial charge >= 0.3 is 0 Å². The van der Waals surface area contributed by atoms with Crippen molar-refractivity contribution in [3.63, 3.8) is 0 Å². The van der Waals surface area contributed by atoms with Crippen molar-refractivity contribution in [1.29, 1.82) is 0 Å². The van der Waals surface area contributed by atoms with Gasteiger partial charge in [-0.2, -0.15) is 0 Å². The van der Waals surface area contributed by atoms with Crippen molar-refractivity contribution < 1.29 is 0 Å². The highest BCUT2D eigenvalue weighted by Gasteiger charge is 2.40. The van der Waals surface area contributed by atoms with Gasteiger partial charge in [-0.15, -0.1) is 0 Å². The van der Waals surface area contributed by atoms with Gasteiger partial charge < -0.3 is 15.1 Å². The van der Waals surface area contributed by atoms with Gasteiger partial charge in [0.05, 0.1) is 5.69 Å². The standard InChI is InChI=1S/C15H25N5/c1-19(2)15(6-4-7-15)10-20(3)14-12-9-16-8-5-13(12)17-11-18-14/h11,16H,4-10H2,1-3H3. The number of aromatic nitrogens is 2. The van der Waals surface area contributed by atoms with Gasteiger partial charge in [0, 0.05) is 44.2 Å². The molecule has 2 aliphatic rings. The van der Waals surface area contributed by atoms with Crippen LogP contribution >= 0.6 is 0 Å². The van der Waals surface area contributed by atoms with Crippen molar-refractivity contribution in [2.24, 2.45) is 0 Å². The second-order valence-corrected chi connectivity index (χ2v) is 6.38. The fourth-order valence-electron chi connectivity index (χ4n) is 3.43. The second-order valence-electron chi connectivity index (χ2n) is 6.38. The summed E-state index contributed by atoms with van der Waals surface area (Å²) in [6.45, 7) is 2.96. The van der Waals surface area contributed by atoms with Crippen LogP contribution in [0.4, 0.5) is 5.82 Å². The molecular formula is C15H25N5. The molecule has 1 fully saturated rings. The van der Waals surface area contributed by atoms with Gasteiger partial charge in [0.1, 0.15) is 12.1 Å². The molecule has 1 aliphatic heterocycles. The highest BCUT2D eigenvalue weighted by atomic mass is 15.3. The Morgan fingerprint density at radius 2 is 2.05 bits per heavy atom. The number of likely N-dealkylation sites (N-methyl/N-ethyl adjacent to an activating group) is 2. The van der Waals surface area contributed by atoms with E-state index in [4.69, 9.17) is 0 Å². The summed E-state index contributed by atoms with van der Waals surface area (Å²) >= 11 is 0. The summed E-state index contributed by atoms with van der Waals surface area (Å²) in [5.41, 5.74) is 2.83. The minimum absolute atomic E-state index is 0.328. The number of anilines is 1. The second kappa shape index (κ2) is 5.30. The molecule has 5 nitrogen and oxygen atoms in total. The lowest BCUT2D eigenvalue weighted by Crippen LogP contribution is -2.57. The Morgan fingerprint density at radius 3 is 2.70 bits per heavy atom. The highest BCUT2D eigenvalue weighted by molar-refractivity contribution is 5.49. The van der Waals surface area contributed by atoms with E-state index in [1.54, 1.807) is 6.33 Å². The Labute approximate surface area is 121 Å². The topological polar surface area (TPSA) is 44.3 Å². The first-order chi connectivity index (χ1) is 9.62. The average Bonchev–Trinajstić information content (AvgIpc) is 2.41. The molecule has 2 heterocycles. The zero-order chi connectivity index (χ0) is 14.2. The molecule has 5 heteroatoms. The summed E-state index contributed by atoms with van der Waals surface area (Å²) in [4.78, 5) is 13.7. The summed E-state index contributed by atoms with van der Waals surface area (Å²) < 4.78 is 0. The zero-order valence-corrected chi connectivity index (χ0v) is 12.8. The van der Waals surface area contributed by atoms with Crippen LogP contribution in [0.2, 0.25) is 0 Å². The van der Waals surface area contributed by atoms with E-state index in [0.29, 0.717) is 5.54 Å². The van der Waals surface area contributed by atoms with Crippen LogP contribution in [0.1, 0.15) is 30.5 Å². The van der Waals surface area contributed by atoms with E-state index in [-0.39, 0.29) is 0 Å². The van der Waals surface area contributed by atoms with Crippen LogP contribution in [0.5, 0.6) is 0 Å². The molecule has 0 radical (unpaired) electrons. The van der Waals surface area contributed by atoms with E-state index in [2.05, 4.69) is 46.2 Å². The van der Waals surface area contributed by atoms with Crippen molar-refractivity contribution in [2.45, 2.75) is 37.8 Å². The van der Waals surface area contributed by atoms with Gasteiger partial charge in [-0.3, -0.25) is 0 Å². The minimum Gasteiger partial charge on any atom is -0.357 e. The summed E-state index contributed by atoms with van der Waals surface area (Å²) in [6, 6.07) is 0. The third-order valence-electron chi connectivity index (χ3n) is 4.98. The molecule has 3 rings (SSSR count). The van der Waals surface area contributed by atoms with E-state index in [1.807, 2.05) is 0 Å². The molecule has 1 N–H and O–H groups in total. The van der Waals surface area contributed by atoms with Crippen molar-refractivity contribution in [2.75, 3.05) is 39.1 Å². The molecule has 0 amide bonds. The summed E-state index contributed by atoms with van der Waals surface area (Å²) in [7, 11) is 6.56. The molecule has 0 saturated heterocycles. The maximum Gasteiger partial charge on any atom is 0.136 e. The summed E-state index contributed by atoms with van der Waals surface area (Å²) in [5.74, 6) is 1.11. The lowest BCUT2D eigenvalue weighted by molar-refractivity contribution is 0.0681. The Morgan fingerprint density at radius 1 is 1.25 bits per heavy atom. The molecule has 110 valence electrons. The molecule has 0 unspecified atom stereocenters. The normalized spacial score (nSPS) is 20.4. The summed E-state index contributed by atoms with van der Waals surface area (Å²) in [6.07, 6.45) is 6.65. The number of nitrogens with one attached hydrogen (secondary N) is 1. The van der Waals surface area contributed by atoms with Crippen LogP contribution < -0.4 is 10.2 Å². The Bertz CT molecular complexity index is 481. The number of rotatable bonds is 4. The highest BCUT2D eigenvalue weighted by Crippen LogP contribution is 2.37. The van der Waals surface area contributed by atoms with Gasteiger partial charge in [-0.1, -0.05) is 0 Å². The van der Waals surface area contributed by atoms with E-state index >= 15 is 0 Å². The quantitative estimate of drug-likeness (QED) is 0.889. The molecule has 0 aromatic carbocycles. The first-order valence-corrected chi connectivity index (χ1v) is 7.54. The first-order valence-electron chi connectivity index (χ1n) is 7.54. The third-order valence-corrected chi connectivity index (χ3v) is 4.98. The van der Waals surface area contributed by atoms with Gasteiger partial charge in [-0.25, -0.2) is 9.97 Å². The number of hydrogen-bond acceptors (Lipinski definition) is 5. The predicted octanol–water partition coefficient (Wildman–Crippen LogP) is 1.04. The third kappa shape index (κ3) is 2.29. The Balaban J connectivity index is 1.82. The predicted molar refractivity (Wildman–Crippen MR) is 81.0 cm³/mol. The molecule has 1 aromatic heterocycles. The van der Waals surface area contributed by atoms with Crippen LogP contribution in [-0.4, -0.2) is 54.6 Å². The van der Waals surface area contributed by atoms with Crippen molar-refractivity contribution >= 4 is 5.82 Å². The molecule has 20 heavy (non-hydrogen) atoms. The smallest absolute Gasteiger partial charge is 0.136 e. The monoisotopic (exact) mass is 275 g/mol. The van der Waals surface area contributed by atoms with E-state index in [0.717, 1.165) is 31.9 Å². The molecule has 0 spiro atoms. The van der Waals surface area contributed by atoms with Gasteiger partial charge in [0.15, 0.2) is 0 Å². The number of hydrogen-bond donors (Lipinski definition) is 1. The van der Waals surface area contributed by atoms with Crippen molar-refractivity contribution in [1.82, 2.24) is 20.2 Å². The van der Waals surface area contributed by atoms with Gasteiger partial charge in [0.2, 0.25) is 0 Å². The summed E-state index contributed by atoms with van der Waals surface area (Å²) in [5, 5.41) is 3.43. The lowest BCUT2D eigenvalue weighted by atomic mass is 9.75. The number of nitrogens with zero attached hydrogens (tertiary/aromatic N) is 4. The maximum atomic E-state index is 4.55. The molecule has 0 atom stereocenters. The first kappa shape index (κ1) is 13.8. The minimum atomic E-state index is 0.328.